The molecule has 1 aromatic carbocycles. The van der Waals surface area contributed by atoms with Crippen LogP contribution in [0.2, 0.25) is 0 Å². The Bertz CT molecular complexity index is 2180. The van der Waals surface area contributed by atoms with Gasteiger partial charge in [0, 0.05) is 4.47 Å². The Morgan fingerprint density at radius 2 is 0.440 bits per heavy atom. The van der Waals surface area contributed by atoms with Crippen LogP contribution in [-0.4, -0.2) is 363 Å². The Hall–Kier alpha value is -1.86. The van der Waals surface area contributed by atoms with Crippen molar-refractivity contribution in [3.8, 4) is 5.75 Å². The van der Waals surface area contributed by atoms with Crippen molar-refractivity contribution < 1.29 is 173 Å². The summed E-state index contributed by atoms with van der Waals surface area (Å²) in [5.41, 5.74) is 0. The molecule has 0 radical (unpaired) electrons. The molecule has 1 aromatic rings. The van der Waals surface area contributed by atoms with Crippen molar-refractivity contribution in [3.05, 3.63) is 28.7 Å². The lowest BCUT2D eigenvalue weighted by Crippen LogP contribution is -2.68. The number of hydrogen-bond acceptors (Lipinski definition) is 35. The molecule has 0 amide bonds. The first kappa shape index (κ1) is 66.6. The molecule has 0 aromatic heterocycles. The van der Waals surface area contributed by atoms with Crippen molar-refractivity contribution in [1.29, 1.82) is 0 Å². The zero-order valence-electron chi connectivity index (χ0n) is 43.9. The van der Waals surface area contributed by atoms with Crippen LogP contribution in [0.25, 0.3) is 0 Å². The minimum absolute atomic E-state index is 0.216. The number of benzene rings is 1. The normalized spacial score (nSPS) is 51.7. The van der Waals surface area contributed by atoms with Crippen molar-refractivity contribution in [1.82, 2.24) is 0 Å². The summed E-state index contributed by atoms with van der Waals surface area (Å²) in [5, 5.41) is 223. The van der Waals surface area contributed by atoms with Gasteiger partial charge in [0.2, 0.25) is 0 Å². The fourth-order valence-electron chi connectivity index (χ4n) is 11.1. The molecule has 20 N–H and O–H groups in total. The van der Waals surface area contributed by atoms with Gasteiger partial charge in [0.25, 0.3) is 0 Å². The molecule has 21 aliphatic heterocycles. The summed E-state index contributed by atoms with van der Waals surface area (Å²) >= 11 is 3.31. The molecule has 36 heteroatoms. The number of aliphatic hydroxyl groups excluding tert-OH is 20. The van der Waals surface area contributed by atoms with Crippen LogP contribution in [0.4, 0.5) is 0 Å². The zero-order valence-corrected chi connectivity index (χ0v) is 45.5. The predicted molar refractivity (Wildman–Crippen MR) is 261 cm³/mol. The fourth-order valence-corrected chi connectivity index (χ4v) is 11.4. The lowest BCUT2D eigenvalue weighted by atomic mass is 9.95. The highest BCUT2D eigenvalue weighted by Crippen LogP contribution is 2.39. The van der Waals surface area contributed by atoms with Crippen molar-refractivity contribution in [2.24, 2.45) is 0 Å². The van der Waals surface area contributed by atoms with Gasteiger partial charge < -0.3 is 173 Å². The van der Waals surface area contributed by atoms with E-state index in [1.807, 2.05) is 0 Å². The Morgan fingerprint density at radius 1 is 0.262 bits per heavy atom. The molecule has 84 heavy (non-hydrogen) atoms. The Balaban J connectivity index is 1.02. The standard InChI is InChI=1S/C48H73BrO35/c49-12-1-3-13(4-2-12)70-11-20-41-27(62)34(69)48(77-20)83-40-19(10-55)75-46(32(67)25(40)60)81-38-17(8-53)73-44(30(65)23(38)58)79-36-15(6-51)71-42(28(63)21(36)56)78-35-14(5-50)72-43(29(64)22(35)57)80-37-16(7-52)74-45(31(66)24(37)59)82-39-18(9-54)76-47(84-41)33(68)26(39)61/h1-4,14-48,50-69H,5-11H2. The molecule has 21 heterocycles. The van der Waals surface area contributed by atoms with Crippen molar-refractivity contribution in [2.45, 2.75) is 215 Å². The molecule has 0 spiro atoms. The quantitative estimate of drug-likeness (QED) is 0.109. The van der Waals surface area contributed by atoms with Crippen LogP contribution in [-0.2, 0) is 66.3 Å². The summed E-state index contributed by atoms with van der Waals surface area (Å²) in [5.74, 6) is 0.216. The average molecular weight is 1290 g/mol. The molecule has 21 aliphatic rings. The van der Waals surface area contributed by atoms with Gasteiger partial charge in [-0.3, -0.25) is 0 Å². The van der Waals surface area contributed by atoms with E-state index < -0.39 is 261 Å². The lowest BCUT2D eigenvalue weighted by Gasteiger charge is -2.50. The first-order valence-electron chi connectivity index (χ1n) is 26.8. The third-order valence-corrected chi connectivity index (χ3v) is 16.4. The summed E-state index contributed by atoms with van der Waals surface area (Å²) in [6.45, 7) is -6.84. The second-order valence-corrected chi connectivity index (χ2v) is 22.1. The van der Waals surface area contributed by atoms with Gasteiger partial charge in [-0.05, 0) is 24.3 Å². The van der Waals surface area contributed by atoms with Gasteiger partial charge in [0.05, 0.1) is 39.6 Å². The van der Waals surface area contributed by atoms with Crippen molar-refractivity contribution in [2.75, 3.05) is 46.2 Å². The first-order valence-corrected chi connectivity index (χ1v) is 27.6. The van der Waals surface area contributed by atoms with E-state index in [-0.39, 0.29) is 5.75 Å². The second-order valence-electron chi connectivity index (χ2n) is 21.2. The van der Waals surface area contributed by atoms with E-state index in [4.69, 9.17) is 71.1 Å². The topological polar surface area (TPSA) is 543 Å². The van der Waals surface area contributed by atoms with Gasteiger partial charge in [-0.15, -0.1) is 0 Å². The Labute approximate surface area is 483 Å². The van der Waals surface area contributed by atoms with Crippen LogP contribution in [0, 0.1) is 0 Å². The average Bonchev–Trinajstić information content (AvgIpc) is 2.12. The van der Waals surface area contributed by atoms with E-state index in [0.717, 1.165) is 0 Å². The monoisotopic (exact) mass is 1290 g/mol. The largest absolute Gasteiger partial charge is 0.491 e. The summed E-state index contributed by atoms with van der Waals surface area (Å²) in [6, 6.07) is 6.28. The highest BCUT2D eigenvalue weighted by atomic mass is 79.9. The summed E-state index contributed by atoms with van der Waals surface area (Å²) < 4.78 is 87.7. The second kappa shape index (κ2) is 28.5. The Kier molecular flexibility index (Phi) is 22.6. The van der Waals surface area contributed by atoms with Gasteiger partial charge >= 0.3 is 0 Å². The summed E-state index contributed by atoms with van der Waals surface area (Å²) in [7, 11) is 0. The molecule has 0 aliphatic carbocycles. The number of rotatable bonds is 9. The molecule has 0 saturated carbocycles. The van der Waals surface area contributed by atoms with E-state index in [2.05, 4.69) is 15.9 Å². The number of aliphatic hydroxyl groups is 20. The van der Waals surface area contributed by atoms with Crippen molar-refractivity contribution >= 4 is 15.9 Å². The van der Waals surface area contributed by atoms with Crippen molar-refractivity contribution in [3.63, 3.8) is 0 Å². The molecule has 22 rings (SSSR count). The molecule has 35 unspecified atom stereocenters. The minimum Gasteiger partial charge on any atom is -0.491 e. The van der Waals surface area contributed by atoms with Crippen LogP contribution >= 0.6 is 15.9 Å². The van der Waals surface area contributed by atoms with Gasteiger partial charge in [-0.1, -0.05) is 15.9 Å². The van der Waals surface area contributed by atoms with Crippen LogP contribution in [0.15, 0.2) is 28.7 Å². The third-order valence-electron chi connectivity index (χ3n) is 15.8. The SMILES string of the molecule is OCC1OC2OC3C(CO)OC(OC4C(CO)OC(OC5C(COc6ccc(Br)cc6)OC(OC6C(CO)OC(OC7C(CO)OC(OC8C(CO)OC(OC1C(O)C2O)C(O)C8O)C(O)C7O)C(O)C6O)C(O)C5O)C(O)C4O)C(O)C3O. The van der Waals surface area contributed by atoms with Crippen LogP contribution < -0.4 is 4.74 Å². The first-order chi connectivity index (χ1) is 40.1. The molecular formula is C48H73BrO35. The molecular weight excluding hydrogens is 1220 g/mol. The molecule has 21 saturated heterocycles. The number of ether oxygens (including phenoxy) is 15. The van der Waals surface area contributed by atoms with Gasteiger partial charge in [-0.25, -0.2) is 0 Å². The number of hydrogen-bond donors (Lipinski definition) is 20. The van der Waals surface area contributed by atoms with Crippen LogP contribution in [0.5, 0.6) is 5.75 Å². The molecule has 14 bridgehead atoms. The summed E-state index contributed by atoms with van der Waals surface area (Å²) in [4.78, 5) is 0. The maximum atomic E-state index is 11.8. The van der Waals surface area contributed by atoms with E-state index in [1.165, 1.54) is 12.1 Å². The predicted octanol–water partition coefficient (Wildman–Crippen LogP) is -12.4. The number of halogens is 1. The zero-order chi connectivity index (χ0) is 60.7. The van der Waals surface area contributed by atoms with E-state index in [1.54, 1.807) is 12.1 Å². The third kappa shape index (κ3) is 13.5. The fraction of sp³-hybridized carbons (Fsp3) is 0.875. The minimum atomic E-state index is -2.21. The van der Waals surface area contributed by atoms with E-state index >= 15 is 0 Å². The maximum Gasteiger partial charge on any atom is 0.187 e. The highest BCUT2D eigenvalue weighted by Gasteiger charge is 2.59. The van der Waals surface area contributed by atoms with Gasteiger partial charge in [-0.2, -0.15) is 0 Å². The van der Waals surface area contributed by atoms with E-state index in [0.29, 0.717) is 4.47 Å². The van der Waals surface area contributed by atoms with Gasteiger partial charge in [0.1, 0.15) is 183 Å². The van der Waals surface area contributed by atoms with Crippen LogP contribution in [0.3, 0.4) is 0 Å². The molecule has 21 fully saturated rings. The van der Waals surface area contributed by atoms with Crippen LogP contribution in [0.1, 0.15) is 0 Å². The highest BCUT2D eigenvalue weighted by molar-refractivity contribution is 9.10. The van der Waals surface area contributed by atoms with Gasteiger partial charge in [0.15, 0.2) is 44.0 Å². The smallest absolute Gasteiger partial charge is 0.187 e. The molecule has 482 valence electrons. The summed E-state index contributed by atoms with van der Waals surface area (Å²) in [6.07, 6.45) is -70.0. The maximum absolute atomic E-state index is 11.8. The molecule has 35 nitrogen and oxygen atoms in total. The Morgan fingerprint density at radius 3 is 0.631 bits per heavy atom. The molecule has 35 atom stereocenters. The lowest BCUT2D eigenvalue weighted by molar-refractivity contribution is -0.396. The van der Waals surface area contributed by atoms with E-state index in [9.17, 15) is 102 Å².